The average Bonchev–Trinajstić information content (AvgIpc) is 3.12. The van der Waals surface area contributed by atoms with Gasteiger partial charge in [-0.2, -0.15) is 0 Å². The van der Waals surface area contributed by atoms with E-state index in [1.54, 1.807) is 48.5 Å². The topological polar surface area (TPSA) is 122 Å². The number of aromatic carboxylic acids is 2. The van der Waals surface area contributed by atoms with E-state index in [1.165, 1.54) is 23.3 Å². The van der Waals surface area contributed by atoms with Gasteiger partial charge in [0.1, 0.15) is 22.6 Å². The Morgan fingerprint density at radius 1 is 0.640 bits per heavy atom. The van der Waals surface area contributed by atoms with Crippen LogP contribution >= 0.6 is 11.6 Å². The van der Waals surface area contributed by atoms with E-state index >= 15 is 0 Å². The number of halogens is 1. The first-order valence-electron chi connectivity index (χ1n) is 16.3. The van der Waals surface area contributed by atoms with Crippen molar-refractivity contribution >= 4 is 45.1 Å². The monoisotopic (exact) mass is 688 g/mol. The molecule has 6 aromatic carbocycles. The van der Waals surface area contributed by atoms with Gasteiger partial charge in [-0.3, -0.25) is 4.90 Å². The molecule has 1 aliphatic heterocycles. The van der Waals surface area contributed by atoms with Crippen molar-refractivity contribution in [3.8, 4) is 11.5 Å². The second-order valence-electron chi connectivity index (χ2n) is 12.4. The van der Waals surface area contributed by atoms with Gasteiger partial charge >= 0.3 is 11.9 Å². The number of benzene rings is 6. The summed E-state index contributed by atoms with van der Waals surface area (Å²) >= 11 is 6.05. The molecule has 0 bridgehead atoms. The standard InChI is InChI=1S/C23H16O6.C18H21ClN2/c24-20-16(14-7-3-1-5-12(14)9-18(20)22(26)27)11-17-15-8-4-2-6-13(15)10-19(21(17)25)23(28)29;1-20-11-13-21(14-12-20)18(15-5-3-2-4-6-15)16-7-9-17(19)10-8-16/h1-10,24-25H,11H2,(H,26,27)(H,28,29);2-10,18H,11-14H2,1H3. The van der Waals surface area contributed by atoms with E-state index in [4.69, 9.17) is 11.6 Å². The number of piperazine rings is 1. The number of hydrogen-bond donors (Lipinski definition) is 4. The van der Waals surface area contributed by atoms with Crippen molar-refractivity contribution in [1.29, 1.82) is 0 Å². The number of fused-ring (bicyclic) bond motifs is 2. The molecule has 254 valence electrons. The minimum Gasteiger partial charge on any atom is -0.507 e. The average molecular weight is 689 g/mol. The summed E-state index contributed by atoms with van der Waals surface area (Å²) in [5.74, 6) is -3.36. The van der Waals surface area contributed by atoms with Crippen LogP contribution in [0.15, 0.2) is 115 Å². The second-order valence-corrected chi connectivity index (χ2v) is 12.9. The van der Waals surface area contributed by atoms with Crippen molar-refractivity contribution in [2.24, 2.45) is 0 Å². The van der Waals surface area contributed by atoms with E-state index in [9.17, 15) is 30.0 Å². The summed E-state index contributed by atoms with van der Waals surface area (Å²) in [4.78, 5) is 28.2. The molecule has 1 fully saturated rings. The predicted molar refractivity (Wildman–Crippen MR) is 197 cm³/mol. The molecule has 8 nitrogen and oxygen atoms in total. The molecule has 50 heavy (non-hydrogen) atoms. The highest BCUT2D eigenvalue weighted by Crippen LogP contribution is 2.39. The number of aromatic hydroxyl groups is 2. The van der Waals surface area contributed by atoms with Crippen LogP contribution in [0.2, 0.25) is 5.02 Å². The first-order chi connectivity index (χ1) is 24.1. The molecule has 0 amide bonds. The molecule has 0 aromatic heterocycles. The molecule has 0 aliphatic carbocycles. The van der Waals surface area contributed by atoms with Gasteiger partial charge in [0, 0.05) is 48.7 Å². The van der Waals surface area contributed by atoms with Crippen molar-refractivity contribution in [3.05, 3.63) is 154 Å². The molecule has 1 saturated heterocycles. The molecule has 1 unspecified atom stereocenters. The number of carbonyl (C=O) groups is 2. The Bertz CT molecular complexity index is 2060. The highest BCUT2D eigenvalue weighted by molar-refractivity contribution is 6.30. The van der Waals surface area contributed by atoms with E-state index in [0.717, 1.165) is 31.2 Å². The van der Waals surface area contributed by atoms with E-state index < -0.39 is 23.4 Å². The normalized spacial score (nSPS) is 14.2. The Morgan fingerprint density at radius 3 is 1.56 bits per heavy atom. The van der Waals surface area contributed by atoms with Crippen LogP contribution in [-0.4, -0.2) is 75.4 Å². The molecule has 0 radical (unpaired) electrons. The molecule has 0 spiro atoms. The summed E-state index contributed by atoms with van der Waals surface area (Å²) < 4.78 is 0. The fraction of sp³-hybridized carbons (Fsp3) is 0.171. The third kappa shape index (κ3) is 7.28. The summed E-state index contributed by atoms with van der Waals surface area (Å²) in [7, 11) is 2.19. The maximum absolute atomic E-state index is 11.6. The third-order valence-corrected chi connectivity index (χ3v) is 9.52. The van der Waals surface area contributed by atoms with Crippen LogP contribution in [0, 0.1) is 0 Å². The van der Waals surface area contributed by atoms with Crippen LogP contribution in [0.3, 0.4) is 0 Å². The largest absolute Gasteiger partial charge is 0.507 e. The third-order valence-electron chi connectivity index (χ3n) is 9.27. The Morgan fingerprint density at radius 2 is 1.08 bits per heavy atom. The number of likely N-dealkylation sites (N-methyl/N-ethyl adjacent to an activating group) is 1. The number of nitrogens with zero attached hydrogens (tertiary/aromatic N) is 2. The molecule has 6 aromatic rings. The number of carboxylic acid groups (broad SMARTS) is 2. The zero-order valence-electron chi connectivity index (χ0n) is 27.5. The van der Waals surface area contributed by atoms with Crippen LogP contribution in [0.25, 0.3) is 21.5 Å². The lowest BCUT2D eigenvalue weighted by molar-refractivity contribution is 0.0682. The minimum atomic E-state index is -1.28. The maximum Gasteiger partial charge on any atom is 0.339 e. The lowest BCUT2D eigenvalue weighted by atomic mass is 9.90. The SMILES string of the molecule is CN1CCN(C(c2ccccc2)c2ccc(Cl)cc2)CC1.O=C(O)c1cc2ccccc2c(Cc2c(O)c(C(=O)O)cc3ccccc23)c1O. The van der Waals surface area contributed by atoms with Crippen LogP contribution < -0.4 is 0 Å². The van der Waals surface area contributed by atoms with Gasteiger partial charge in [-0.15, -0.1) is 0 Å². The van der Waals surface area contributed by atoms with Gasteiger partial charge < -0.3 is 25.3 Å². The van der Waals surface area contributed by atoms with E-state index in [1.807, 2.05) is 12.1 Å². The van der Waals surface area contributed by atoms with Gasteiger partial charge in [0.2, 0.25) is 0 Å². The van der Waals surface area contributed by atoms with Crippen LogP contribution in [0.4, 0.5) is 0 Å². The Hall–Kier alpha value is -5.41. The predicted octanol–water partition coefficient (Wildman–Crippen LogP) is 8.07. The molecule has 1 aliphatic rings. The van der Waals surface area contributed by atoms with Crippen molar-refractivity contribution in [1.82, 2.24) is 9.80 Å². The minimum absolute atomic E-state index is 0.0407. The van der Waals surface area contributed by atoms with Gasteiger partial charge in [-0.05, 0) is 64.0 Å². The van der Waals surface area contributed by atoms with Crippen LogP contribution in [0.1, 0.15) is 49.0 Å². The summed E-state index contributed by atoms with van der Waals surface area (Å²) in [6.07, 6.45) is -0.0407. The Kier molecular flexibility index (Phi) is 10.3. The fourth-order valence-corrected chi connectivity index (χ4v) is 6.78. The fourth-order valence-electron chi connectivity index (χ4n) is 6.66. The Labute approximate surface area is 295 Å². The number of rotatable bonds is 7. The van der Waals surface area contributed by atoms with Gasteiger partial charge in [0.25, 0.3) is 0 Å². The number of phenols is 2. The molecule has 7 rings (SSSR count). The Balaban J connectivity index is 0.000000182. The summed E-state index contributed by atoms with van der Waals surface area (Å²) in [5, 5.41) is 43.6. The summed E-state index contributed by atoms with van der Waals surface area (Å²) in [5.41, 5.74) is 2.78. The zero-order chi connectivity index (χ0) is 35.4. The van der Waals surface area contributed by atoms with Crippen molar-refractivity contribution in [3.63, 3.8) is 0 Å². The molecule has 4 N–H and O–H groups in total. The quantitative estimate of drug-likeness (QED) is 0.133. The summed E-state index contributed by atoms with van der Waals surface area (Å²) in [6.45, 7) is 4.44. The van der Waals surface area contributed by atoms with E-state index in [2.05, 4.69) is 59.3 Å². The molecule has 1 atom stereocenters. The smallest absolute Gasteiger partial charge is 0.339 e. The molecule has 0 saturated carbocycles. The van der Waals surface area contributed by atoms with Crippen molar-refractivity contribution in [2.75, 3.05) is 33.2 Å². The highest BCUT2D eigenvalue weighted by Gasteiger charge is 2.25. The second kappa shape index (κ2) is 15.0. The lowest BCUT2D eigenvalue weighted by Gasteiger charge is -2.38. The molecular formula is C41H37ClN2O6. The van der Waals surface area contributed by atoms with Gasteiger partial charge in [-0.1, -0.05) is 103 Å². The van der Waals surface area contributed by atoms with Crippen LogP contribution in [-0.2, 0) is 6.42 Å². The van der Waals surface area contributed by atoms with Crippen molar-refractivity contribution < 1.29 is 30.0 Å². The number of hydrogen-bond acceptors (Lipinski definition) is 6. The lowest BCUT2D eigenvalue weighted by Crippen LogP contribution is -2.46. The molecular weight excluding hydrogens is 652 g/mol. The molecule has 1 heterocycles. The van der Waals surface area contributed by atoms with E-state index in [0.29, 0.717) is 38.7 Å². The van der Waals surface area contributed by atoms with Crippen LogP contribution in [0.5, 0.6) is 11.5 Å². The highest BCUT2D eigenvalue weighted by atomic mass is 35.5. The van der Waals surface area contributed by atoms with Gasteiger partial charge in [0.15, 0.2) is 0 Å². The first-order valence-corrected chi connectivity index (χ1v) is 16.7. The van der Waals surface area contributed by atoms with Gasteiger partial charge in [0.05, 0.1) is 6.04 Å². The van der Waals surface area contributed by atoms with Crippen molar-refractivity contribution in [2.45, 2.75) is 12.5 Å². The zero-order valence-corrected chi connectivity index (χ0v) is 28.2. The number of carboxylic acids is 2. The molecule has 9 heteroatoms. The first kappa shape index (κ1) is 34.5. The van der Waals surface area contributed by atoms with E-state index in [-0.39, 0.29) is 17.5 Å². The summed E-state index contributed by atoms with van der Waals surface area (Å²) in [6, 6.07) is 36.1. The van der Waals surface area contributed by atoms with Gasteiger partial charge in [-0.25, -0.2) is 9.59 Å². The maximum atomic E-state index is 11.6.